The predicted molar refractivity (Wildman–Crippen MR) is 99.8 cm³/mol. The van der Waals surface area contributed by atoms with E-state index in [2.05, 4.69) is 10.0 Å². The summed E-state index contributed by atoms with van der Waals surface area (Å²) < 4.78 is 27.9. The molecule has 1 aliphatic rings. The number of benzene rings is 1. The normalized spacial score (nSPS) is 21.8. The summed E-state index contributed by atoms with van der Waals surface area (Å²) >= 11 is 0. The van der Waals surface area contributed by atoms with E-state index in [1.54, 1.807) is 45.9 Å². The summed E-state index contributed by atoms with van der Waals surface area (Å²) in [6.45, 7) is 7.08. The predicted octanol–water partition coefficient (Wildman–Crippen LogP) is 2.53. The fraction of sp³-hybridized carbons (Fsp3) is 0.611. The molecule has 0 radical (unpaired) electrons. The van der Waals surface area contributed by atoms with Gasteiger partial charge in [-0.15, -0.1) is 0 Å². The Balaban J connectivity index is 2.22. The lowest BCUT2D eigenvalue weighted by Gasteiger charge is -2.26. The van der Waals surface area contributed by atoms with Crippen molar-refractivity contribution in [2.75, 3.05) is 5.32 Å². The van der Waals surface area contributed by atoms with Crippen LogP contribution in [0.4, 0.5) is 5.69 Å². The molecule has 0 aliphatic heterocycles. The molecule has 1 amide bonds. The molecule has 140 valence electrons. The average Bonchev–Trinajstić information content (AvgIpc) is 2.46. The van der Waals surface area contributed by atoms with E-state index in [1.807, 2.05) is 0 Å². The smallest absolute Gasteiger partial charge is 0.241 e. The number of carbonyl (C=O) groups is 1. The topological polar surface area (TPSA) is 101 Å². The van der Waals surface area contributed by atoms with Crippen LogP contribution in [0.15, 0.2) is 23.1 Å². The van der Waals surface area contributed by atoms with Crippen LogP contribution in [0, 0.1) is 12.8 Å². The van der Waals surface area contributed by atoms with E-state index >= 15 is 0 Å². The van der Waals surface area contributed by atoms with Gasteiger partial charge in [0.1, 0.15) is 0 Å². The Labute approximate surface area is 150 Å². The summed E-state index contributed by atoms with van der Waals surface area (Å²) in [4.78, 5) is 12.7. The number of carbonyl (C=O) groups excluding carboxylic acids is 1. The molecule has 0 bridgehead atoms. The first-order chi connectivity index (χ1) is 11.5. The lowest BCUT2D eigenvalue weighted by atomic mass is 9.85. The summed E-state index contributed by atoms with van der Waals surface area (Å²) in [5, 5.41) is 2.89. The lowest BCUT2D eigenvalue weighted by molar-refractivity contribution is -0.120. The molecule has 0 spiro atoms. The second-order valence-electron chi connectivity index (χ2n) is 7.90. The molecule has 1 aromatic carbocycles. The van der Waals surface area contributed by atoms with Crippen molar-refractivity contribution in [3.63, 3.8) is 0 Å². The van der Waals surface area contributed by atoms with Crippen molar-refractivity contribution in [1.29, 1.82) is 0 Å². The molecule has 0 heterocycles. The number of nitrogens with one attached hydrogen (secondary N) is 2. The highest BCUT2D eigenvalue weighted by atomic mass is 32.2. The minimum absolute atomic E-state index is 0.0632. The third kappa shape index (κ3) is 5.26. The summed E-state index contributed by atoms with van der Waals surface area (Å²) in [6.07, 6.45) is 3.40. The van der Waals surface area contributed by atoms with E-state index in [9.17, 15) is 13.2 Å². The van der Waals surface area contributed by atoms with Crippen LogP contribution in [0.2, 0.25) is 0 Å². The van der Waals surface area contributed by atoms with Crippen LogP contribution >= 0.6 is 0 Å². The van der Waals surface area contributed by atoms with E-state index in [4.69, 9.17) is 5.73 Å². The Morgan fingerprint density at radius 2 is 1.92 bits per heavy atom. The molecule has 4 N–H and O–H groups in total. The highest BCUT2D eigenvalue weighted by Gasteiger charge is 2.27. The molecule has 1 fully saturated rings. The van der Waals surface area contributed by atoms with Gasteiger partial charge in [0.05, 0.1) is 4.90 Å². The monoisotopic (exact) mass is 367 g/mol. The maximum atomic E-state index is 12.6. The number of sulfonamides is 1. The SMILES string of the molecule is Cc1c(NC(=O)C2CCCC(N)C2)cccc1S(=O)(=O)NC(C)(C)C. The molecular formula is C18H29N3O3S. The Morgan fingerprint density at radius 3 is 2.52 bits per heavy atom. The van der Waals surface area contributed by atoms with E-state index in [0.29, 0.717) is 17.7 Å². The fourth-order valence-corrected chi connectivity index (χ4v) is 4.89. The maximum Gasteiger partial charge on any atom is 0.241 e. The van der Waals surface area contributed by atoms with Crippen molar-refractivity contribution in [1.82, 2.24) is 4.72 Å². The second kappa shape index (κ2) is 7.43. The second-order valence-corrected chi connectivity index (χ2v) is 9.55. The molecule has 1 aromatic rings. The Morgan fingerprint density at radius 1 is 1.24 bits per heavy atom. The van der Waals surface area contributed by atoms with Crippen molar-refractivity contribution in [2.45, 2.75) is 69.9 Å². The van der Waals surface area contributed by atoms with E-state index in [0.717, 1.165) is 19.3 Å². The minimum atomic E-state index is -3.66. The number of anilines is 1. The van der Waals surface area contributed by atoms with Crippen LogP contribution < -0.4 is 15.8 Å². The summed E-state index contributed by atoms with van der Waals surface area (Å²) in [5.74, 6) is -0.201. The first-order valence-electron chi connectivity index (χ1n) is 8.69. The van der Waals surface area contributed by atoms with Gasteiger partial charge < -0.3 is 11.1 Å². The van der Waals surface area contributed by atoms with E-state index in [1.165, 1.54) is 0 Å². The van der Waals surface area contributed by atoms with Crippen LogP contribution in [0.3, 0.4) is 0 Å². The van der Waals surface area contributed by atoms with Gasteiger partial charge in [0.15, 0.2) is 0 Å². The Hall–Kier alpha value is -1.44. The Kier molecular flexibility index (Phi) is 5.91. The Bertz CT molecular complexity index is 738. The summed E-state index contributed by atoms with van der Waals surface area (Å²) in [6, 6.07) is 4.99. The standard InChI is InChI=1S/C18H29N3O3S/c1-12-15(20-17(22)13-7-5-8-14(19)11-13)9-6-10-16(12)25(23,24)21-18(2,3)4/h6,9-10,13-14,21H,5,7-8,11,19H2,1-4H3,(H,20,22). The largest absolute Gasteiger partial charge is 0.328 e. The summed E-state index contributed by atoms with van der Waals surface area (Å²) in [5.41, 5.74) is 6.44. The van der Waals surface area contributed by atoms with Crippen LogP contribution in [-0.2, 0) is 14.8 Å². The van der Waals surface area contributed by atoms with Crippen LogP contribution in [0.1, 0.15) is 52.0 Å². The van der Waals surface area contributed by atoms with Crippen LogP contribution in [0.25, 0.3) is 0 Å². The van der Waals surface area contributed by atoms with Crippen molar-refractivity contribution in [3.05, 3.63) is 23.8 Å². The highest BCUT2D eigenvalue weighted by Crippen LogP contribution is 2.27. The lowest BCUT2D eigenvalue weighted by Crippen LogP contribution is -2.40. The van der Waals surface area contributed by atoms with Crippen molar-refractivity contribution in [2.24, 2.45) is 11.7 Å². The van der Waals surface area contributed by atoms with Crippen molar-refractivity contribution >= 4 is 21.6 Å². The molecule has 1 aliphatic carbocycles. The van der Waals surface area contributed by atoms with Crippen molar-refractivity contribution in [3.8, 4) is 0 Å². The molecule has 2 rings (SSSR count). The third-order valence-corrected chi connectivity index (χ3v) is 6.26. The molecule has 0 saturated heterocycles. The average molecular weight is 368 g/mol. The molecule has 6 nitrogen and oxygen atoms in total. The van der Waals surface area contributed by atoms with Gasteiger partial charge in [0.2, 0.25) is 15.9 Å². The van der Waals surface area contributed by atoms with Gasteiger partial charge in [-0.05, 0) is 64.7 Å². The fourth-order valence-electron chi connectivity index (χ4n) is 3.20. The van der Waals surface area contributed by atoms with Gasteiger partial charge in [-0.1, -0.05) is 12.5 Å². The van der Waals surface area contributed by atoms with Crippen molar-refractivity contribution < 1.29 is 13.2 Å². The van der Waals surface area contributed by atoms with Gasteiger partial charge in [-0.3, -0.25) is 4.79 Å². The molecule has 2 unspecified atom stereocenters. The van der Waals surface area contributed by atoms with Gasteiger partial charge in [0, 0.05) is 23.2 Å². The first-order valence-corrected chi connectivity index (χ1v) is 10.2. The number of hydrogen-bond donors (Lipinski definition) is 3. The quantitative estimate of drug-likeness (QED) is 0.761. The number of amides is 1. The zero-order valence-electron chi connectivity index (χ0n) is 15.4. The molecular weight excluding hydrogens is 338 g/mol. The molecule has 2 atom stereocenters. The third-order valence-electron chi connectivity index (χ3n) is 4.36. The van der Waals surface area contributed by atoms with Gasteiger partial charge in [-0.25, -0.2) is 13.1 Å². The van der Waals surface area contributed by atoms with Gasteiger partial charge in [0.25, 0.3) is 0 Å². The number of rotatable bonds is 4. The van der Waals surface area contributed by atoms with E-state index in [-0.39, 0.29) is 22.8 Å². The molecule has 25 heavy (non-hydrogen) atoms. The zero-order chi connectivity index (χ0) is 18.8. The molecule has 7 heteroatoms. The van der Waals surface area contributed by atoms with E-state index < -0.39 is 15.6 Å². The van der Waals surface area contributed by atoms with Gasteiger partial charge >= 0.3 is 0 Å². The molecule has 0 aromatic heterocycles. The highest BCUT2D eigenvalue weighted by molar-refractivity contribution is 7.89. The number of nitrogens with two attached hydrogens (primary N) is 1. The minimum Gasteiger partial charge on any atom is -0.328 e. The molecule has 1 saturated carbocycles. The van der Waals surface area contributed by atoms with Gasteiger partial charge in [-0.2, -0.15) is 0 Å². The van der Waals surface area contributed by atoms with Crippen LogP contribution in [0.5, 0.6) is 0 Å². The first kappa shape index (κ1) is 19.9. The summed E-state index contributed by atoms with van der Waals surface area (Å²) in [7, 11) is -3.66. The maximum absolute atomic E-state index is 12.6. The van der Waals surface area contributed by atoms with Crippen LogP contribution in [-0.4, -0.2) is 25.9 Å². The number of hydrogen-bond acceptors (Lipinski definition) is 4. The zero-order valence-corrected chi connectivity index (χ0v) is 16.2.